The Labute approximate surface area is 172 Å². The van der Waals surface area contributed by atoms with E-state index in [0.717, 1.165) is 37.5 Å². The smallest absolute Gasteiger partial charge is 0.253 e. The van der Waals surface area contributed by atoms with Crippen LogP contribution in [-0.4, -0.2) is 34.7 Å². The first-order valence-corrected chi connectivity index (χ1v) is 11.2. The summed E-state index contributed by atoms with van der Waals surface area (Å²) in [6.07, 6.45) is 9.92. The van der Waals surface area contributed by atoms with Gasteiger partial charge in [0, 0.05) is 24.7 Å². The molecule has 1 aromatic rings. The maximum atomic E-state index is 12.7. The summed E-state index contributed by atoms with van der Waals surface area (Å²) >= 11 is 1.72. The average molecular weight is 399 g/mol. The Hall–Kier alpha value is -1.79. The highest BCUT2D eigenvalue weighted by molar-refractivity contribution is 8.00. The number of aliphatic imine (C=N–C) groups is 1. The van der Waals surface area contributed by atoms with Gasteiger partial charge in [-0.05, 0) is 67.4 Å². The second kappa shape index (κ2) is 8.29. The summed E-state index contributed by atoms with van der Waals surface area (Å²) in [4.78, 5) is 17.7. The van der Waals surface area contributed by atoms with E-state index in [2.05, 4.69) is 34.1 Å². The van der Waals surface area contributed by atoms with E-state index >= 15 is 0 Å². The van der Waals surface area contributed by atoms with E-state index in [1.807, 2.05) is 12.1 Å². The molecule has 1 aromatic carbocycles. The van der Waals surface area contributed by atoms with Crippen molar-refractivity contribution >= 4 is 35.5 Å². The minimum Gasteiger partial charge on any atom is -0.399 e. The number of hydrogen-bond acceptors (Lipinski definition) is 5. The van der Waals surface area contributed by atoms with Crippen molar-refractivity contribution in [3.63, 3.8) is 0 Å². The number of nitrogen functional groups attached to an aromatic ring is 1. The van der Waals surface area contributed by atoms with Crippen molar-refractivity contribution in [1.82, 2.24) is 9.62 Å². The number of nitrogens with zero attached hydrogens (tertiary/aromatic N) is 2. The van der Waals surface area contributed by atoms with Crippen LogP contribution in [0.2, 0.25) is 0 Å². The number of nitrogens with two attached hydrogens (primary N) is 1. The number of amides is 1. The lowest BCUT2D eigenvalue weighted by molar-refractivity contribution is -0.124. The van der Waals surface area contributed by atoms with Gasteiger partial charge >= 0.3 is 0 Å². The highest BCUT2D eigenvalue weighted by atomic mass is 32.2. The van der Waals surface area contributed by atoms with E-state index in [4.69, 9.17) is 10.7 Å². The molecule has 1 saturated carbocycles. The molecule has 2 fully saturated rings. The molecule has 2 aliphatic heterocycles. The zero-order chi connectivity index (χ0) is 19.6. The molecule has 6 heteroatoms. The van der Waals surface area contributed by atoms with E-state index in [9.17, 15) is 4.79 Å². The number of carbonyl (C=O) groups is 1. The van der Waals surface area contributed by atoms with Crippen LogP contribution < -0.4 is 11.1 Å². The predicted molar refractivity (Wildman–Crippen MR) is 118 cm³/mol. The largest absolute Gasteiger partial charge is 0.399 e. The van der Waals surface area contributed by atoms with Gasteiger partial charge in [-0.2, -0.15) is 0 Å². The second-order valence-corrected chi connectivity index (χ2v) is 9.27. The fourth-order valence-corrected chi connectivity index (χ4v) is 5.26. The van der Waals surface area contributed by atoms with Crippen LogP contribution in [-0.2, 0) is 4.79 Å². The minimum atomic E-state index is -0.513. The predicted octanol–water partition coefficient (Wildman–Crippen LogP) is 4.14. The van der Waals surface area contributed by atoms with Crippen molar-refractivity contribution in [2.24, 2.45) is 10.9 Å². The second-order valence-electron chi connectivity index (χ2n) is 8.27. The van der Waals surface area contributed by atoms with Crippen molar-refractivity contribution in [3.05, 3.63) is 34.7 Å². The Morgan fingerprint density at radius 3 is 2.71 bits per heavy atom. The summed E-state index contributed by atoms with van der Waals surface area (Å²) in [7, 11) is 0. The number of nitrogens with one attached hydrogen (secondary N) is 1. The molecule has 1 spiro atoms. The van der Waals surface area contributed by atoms with Gasteiger partial charge in [0.05, 0.1) is 0 Å². The van der Waals surface area contributed by atoms with E-state index in [-0.39, 0.29) is 5.91 Å². The monoisotopic (exact) mass is 398 g/mol. The molecule has 2 heterocycles. The molecular weight excluding hydrogens is 368 g/mol. The fraction of sp³-hybridized carbons (Fsp3) is 0.545. The van der Waals surface area contributed by atoms with Crippen LogP contribution in [0.25, 0.3) is 6.08 Å². The van der Waals surface area contributed by atoms with Gasteiger partial charge in [-0.1, -0.05) is 37.3 Å². The molecule has 150 valence electrons. The summed E-state index contributed by atoms with van der Waals surface area (Å²) in [5.74, 6) is 1.57. The van der Waals surface area contributed by atoms with Crippen LogP contribution in [0.5, 0.6) is 0 Å². The number of benzene rings is 1. The molecule has 28 heavy (non-hydrogen) atoms. The zero-order valence-electron chi connectivity index (χ0n) is 16.6. The molecule has 4 rings (SSSR count). The maximum absolute atomic E-state index is 12.7. The normalized spacial score (nSPS) is 23.3. The first-order chi connectivity index (χ1) is 13.6. The number of carbonyl (C=O) groups excluding carboxylic acids is 1. The van der Waals surface area contributed by atoms with Gasteiger partial charge in [0.25, 0.3) is 5.91 Å². The molecule has 0 unspecified atom stereocenters. The summed E-state index contributed by atoms with van der Waals surface area (Å²) in [5, 5.41) is 5.26. The van der Waals surface area contributed by atoms with Crippen LogP contribution in [0.3, 0.4) is 0 Å². The van der Waals surface area contributed by atoms with E-state index in [1.54, 1.807) is 11.9 Å². The number of amidine groups is 1. The van der Waals surface area contributed by atoms with Crippen molar-refractivity contribution in [2.75, 3.05) is 18.8 Å². The molecule has 0 aromatic heterocycles. The summed E-state index contributed by atoms with van der Waals surface area (Å²) < 4.78 is 2.33. The van der Waals surface area contributed by atoms with E-state index in [1.165, 1.54) is 43.2 Å². The van der Waals surface area contributed by atoms with Crippen molar-refractivity contribution in [1.29, 1.82) is 0 Å². The standard InChI is InChI=1S/C22H30N4OS/c1-16-15-19(23)8-7-17(16)9-14-28-26-12-10-22(11-13-26)21(27)24-20(25-22)18-5-3-2-4-6-18/h7-9,14-15,18H,2-6,10-13,23H2,1H3,(H,24,25,27)/b14-9+. The number of anilines is 1. The SMILES string of the molecule is Cc1cc(N)ccc1/C=C/SN1CCC2(CC1)N=C(C1CCCCC1)NC2=O. The Balaban J connectivity index is 1.33. The Morgan fingerprint density at radius 2 is 2.00 bits per heavy atom. The summed E-state index contributed by atoms with van der Waals surface area (Å²) in [6.45, 7) is 3.83. The number of hydrogen-bond donors (Lipinski definition) is 2. The van der Waals surface area contributed by atoms with Gasteiger partial charge in [0.15, 0.2) is 0 Å². The molecule has 3 N–H and O–H groups in total. The molecule has 3 aliphatic rings. The first kappa shape index (κ1) is 19.5. The summed E-state index contributed by atoms with van der Waals surface area (Å²) in [5.41, 5.74) is 8.47. The highest BCUT2D eigenvalue weighted by Crippen LogP contribution is 2.35. The molecule has 5 nitrogen and oxygen atoms in total. The number of piperidine rings is 1. The van der Waals surface area contributed by atoms with Crippen LogP contribution in [0.1, 0.15) is 56.1 Å². The number of aryl methyl sites for hydroxylation is 1. The van der Waals surface area contributed by atoms with Crippen LogP contribution >= 0.6 is 11.9 Å². The van der Waals surface area contributed by atoms with E-state index < -0.39 is 5.54 Å². The fourth-order valence-electron chi connectivity index (χ4n) is 4.49. The third-order valence-electron chi connectivity index (χ3n) is 6.29. The molecule has 1 amide bonds. The Morgan fingerprint density at radius 1 is 1.25 bits per heavy atom. The zero-order valence-corrected chi connectivity index (χ0v) is 17.4. The molecule has 0 bridgehead atoms. The molecule has 1 saturated heterocycles. The van der Waals surface area contributed by atoms with Gasteiger partial charge in [-0.25, -0.2) is 4.31 Å². The lowest BCUT2D eigenvalue weighted by Crippen LogP contribution is -2.47. The van der Waals surface area contributed by atoms with Gasteiger partial charge in [0.2, 0.25) is 0 Å². The lowest BCUT2D eigenvalue weighted by Gasteiger charge is -2.34. The van der Waals surface area contributed by atoms with E-state index in [0.29, 0.717) is 5.92 Å². The van der Waals surface area contributed by atoms with Crippen molar-refractivity contribution in [3.8, 4) is 0 Å². The maximum Gasteiger partial charge on any atom is 0.253 e. The molecule has 0 atom stereocenters. The molecular formula is C22H30N4OS. The minimum absolute atomic E-state index is 0.130. The molecule has 0 radical (unpaired) electrons. The number of rotatable bonds is 4. The van der Waals surface area contributed by atoms with Crippen molar-refractivity contribution in [2.45, 2.75) is 57.4 Å². The Bertz CT molecular complexity index is 790. The Kier molecular flexibility index (Phi) is 5.78. The van der Waals surface area contributed by atoms with Gasteiger partial charge in [-0.15, -0.1) is 0 Å². The van der Waals surface area contributed by atoms with Gasteiger partial charge < -0.3 is 11.1 Å². The quantitative estimate of drug-likeness (QED) is 0.591. The third kappa shape index (κ3) is 4.13. The van der Waals surface area contributed by atoms with Gasteiger partial charge in [-0.3, -0.25) is 9.79 Å². The van der Waals surface area contributed by atoms with Crippen LogP contribution in [0.15, 0.2) is 28.6 Å². The molecule has 1 aliphatic carbocycles. The van der Waals surface area contributed by atoms with Crippen molar-refractivity contribution < 1.29 is 4.79 Å². The average Bonchev–Trinajstić information content (AvgIpc) is 3.02. The topological polar surface area (TPSA) is 70.7 Å². The first-order valence-electron chi connectivity index (χ1n) is 10.4. The van der Waals surface area contributed by atoms with Gasteiger partial charge in [0.1, 0.15) is 11.4 Å². The summed E-state index contributed by atoms with van der Waals surface area (Å²) in [6, 6.07) is 5.98. The highest BCUT2D eigenvalue weighted by Gasteiger charge is 2.46. The van der Waals surface area contributed by atoms with Crippen LogP contribution in [0, 0.1) is 12.8 Å². The lowest BCUT2D eigenvalue weighted by atomic mass is 9.88. The third-order valence-corrected chi connectivity index (χ3v) is 7.21. The van der Waals surface area contributed by atoms with Crippen LogP contribution in [0.4, 0.5) is 5.69 Å².